The molecule has 1 aromatic rings. The van der Waals surface area contributed by atoms with E-state index in [0.717, 1.165) is 18.8 Å². The normalized spacial score (nSPS) is 12.4. The molecule has 17 heavy (non-hydrogen) atoms. The Hall–Kier alpha value is -1.36. The molecule has 0 aliphatic rings. The third kappa shape index (κ3) is 4.99. The summed E-state index contributed by atoms with van der Waals surface area (Å²) in [6.45, 7) is 6.23. The second-order valence-corrected chi connectivity index (χ2v) is 4.43. The van der Waals surface area contributed by atoms with Crippen molar-refractivity contribution in [3.63, 3.8) is 0 Å². The molecule has 0 aromatic carbocycles. The Morgan fingerprint density at radius 2 is 2.41 bits per heavy atom. The van der Waals surface area contributed by atoms with Crippen LogP contribution >= 0.6 is 0 Å². The summed E-state index contributed by atoms with van der Waals surface area (Å²) in [4.78, 5) is 15.6. The first-order chi connectivity index (χ1) is 8.13. The number of carbonyl (C=O) groups excluding carboxylic acids is 1. The molecule has 0 bridgehead atoms. The van der Waals surface area contributed by atoms with Crippen molar-refractivity contribution in [2.24, 2.45) is 11.7 Å². The van der Waals surface area contributed by atoms with E-state index in [1.165, 1.54) is 0 Å². The van der Waals surface area contributed by atoms with E-state index in [4.69, 9.17) is 5.73 Å². The van der Waals surface area contributed by atoms with Crippen molar-refractivity contribution >= 4 is 5.91 Å². The first-order valence-electron chi connectivity index (χ1n) is 6.08. The lowest BCUT2D eigenvalue weighted by Gasteiger charge is -2.14. The molecule has 3 N–H and O–H groups in total. The summed E-state index contributed by atoms with van der Waals surface area (Å²) in [6.07, 6.45) is 5.03. The summed E-state index contributed by atoms with van der Waals surface area (Å²) in [6, 6.07) is 0. The topological polar surface area (TPSA) is 72.9 Å². The van der Waals surface area contributed by atoms with Crippen LogP contribution in [0.15, 0.2) is 12.4 Å². The number of nitrogens with two attached hydrogens (primary N) is 1. The minimum atomic E-state index is 0.0876. The van der Waals surface area contributed by atoms with Crippen LogP contribution in [0.25, 0.3) is 0 Å². The first kappa shape index (κ1) is 13.7. The van der Waals surface area contributed by atoms with E-state index in [2.05, 4.69) is 21.8 Å². The fourth-order valence-electron chi connectivity index (χ4n) is 1.64. The molecule has 5 heteroatoms. The van der Waals surface area contributed by atoms with E-state index in [0.29, 0.717) is 25.4 Å². The molecule has 96 valence electrons. The van der Waals surface area contributed by atoms with Crippen molar-refractivity contribution in [1.29, 1.82) is 0 Å². The molecule has 5 nitrogen and oxygen atoms in total. The average molecular weight is 238 g/mol. The zero-order valence-corrected chi connectivity index (χ0v) is 10.6. The Labute approximate surface area is 102 Å². The molecule has 1 aromatic heterocycles. The standard InChI is InChI=1S/C12H22N4O/c1-10(8-15-12(17)4-3-5-13)9-16-7-6-14-11(16)2/h6-7,10H,3-5,8-9,13H2,1-2H3,(H,15,17). The van der Waals surface area contributed by atoms with E-state index in [1.807, 2.05) is 13.1 Å². The van der Waals surface area contributed by atoms with Crippen molar-refractivity contribution in [2.45, 2.75) is 33.2 Å². The summed E-state index contributed by atoms with van der Waals surface area (Å²) in [5.74, 6) is 1.49. The number of amides is 1. The van der Waals surface area contributed by atoms with Crippen LogP contribution in [0.5, 0.6) is 0 Å². The maximum atomic E-state index is 11.4. The summed E-state index contributed by atoms with van der Waals surface area (Å²) >= 11 is 0. The fraction of sp³-hybridized carbons (Fsp3) is 0.667. The summed E-state index contributed by atoms with van der Waals surface area (Å²) in [5, 5.41) is 2.92. The van der Waals surface area contributed by atoms with Gasteiger partial charge in [0, 0.05) is 31.9 Å². The van der Waals surface area contributed by atoms with E-state index in [9.17, 15) is 4.79 Å². The molecular weight excluding hydrogens is 216 g/mol. The molecule has 1 amide bonds. The smallest absolute Gasteiger partial charge is 0.220 e. The van der Waals surface area contributed by atoms with Crippen LogP contribution in [0.2, 0.25) is 0 Å². The number of hydrogen-bond donors (Lipinski definition) is 2. The third-order valence-corrected chi connectivity index (χ3v) is 2.69. The lowest BCUT2D eigenvalue weighted by atomic mass is 10.1. The molecule has 1 unspecified atom stereocenters. The van der Waals surface area contributed by atoms with Crippen LogP contribution in [-0.2, 0) is 11.3 Å². The largest absolute Gasteiger partial charge is 0.356 e. The average Bonchev–Trinajstić information content (AvgIpc) is 2.69. The molecule has 0 aliphatic heterocycles. The number of nitrogens with one attached hydrogen (secondary N) is 1. The molecule has 0 saturated carbocycles. The Morgan fingerprint density at radius 1 is 1.65 bits per heavy atom. The van der Waals surface area contributed by atoms with Crippen LogP contribution in [0.3, 0.4) is 0 Å². The van der Waals surface area contributed by atoms with Gasteiger partial charge in [0.1, 0.15) is 5.82 Å². The molecule has 0 spiro atoms. The van der Waals surface area contributed by atoms with Gasteiger partial charge in [-0.05, 0) is 25.8 Å². The first-order valence-corrected chi connectivity index (χ1v) is 6.08. The zero-order chi connectivity index (χ0) is 12.7. The summed E-state index contributed by atoms with van der Waals surface area (Å²) in [5.41, 5.74) is 5.35. The molecule has 0 saturated heterocycles. The van der Waals surface area contributed by atoms with Crippen molar-refractivity contribution in [2.75, 3.05) is 13.1 Å². The number of carbonyl (C=O) groups is 1. The van der Waals surface area contributed by atoms with Crippen molar-refractivity contribution < 1.29 is 4.79 Å². The van der Waals surface area contributed by atoms with Gasteiger partial charge in [0.2, 0.25) is 5.91 Å². The molecule has 0 radical (unpaired) electrons. The Morgan fingerprint density at radius 3 is 3.00 bits per heavy atom. The van der Waals surface area contributed by atoms with Gasteiger partial charge in [-0.25, -0.2) is 4.98 Å². The van der Waals surface area contributed by atoms with Gasteiger partial charge in [0.05, 0.1) is 0 Å². The molecular formula is C12H22N4O. The SMILES string of the molecule is Cc1nccn1CC(C)CNC(=O)CCCN. The van der Waals surface area contributed by atoms with Crippen molar-refractivity contribution in [3.05, 3.63) is 18.2 Å². The number of imidazole rings is 1. The second kappa shape index (κ2) is 7.06. The molecule has 1 heterocycles. The lowest BCUT2D eigenvalue weighted by molar-refractivity contribution is -0.121. The number of aromatic nitrogens is 2. The van der Waals surface area contributed by atoms with Crippen LogP contribution in [0, 0.1) is 12.8 Å². The van der Waals surface area contributed by atoms with E-state index >= 15 is 0 Å². The van der Waals surface area contributed by atoms with Crippen molar-refractivity contribution in [3.8, 4) is 0 Å². The van der Waals surface area contributed by atoms with E-state index in [-0.39, 0.29) is 5.91 Å². The van der Waals surface area contributed by atoms with Crippen molar-refractivity contribution in [1.82, 2.24) is 14.9 Å². The molecule has 0 aliphatic carbocycles. The highest BCUT2D eigenvalue weighted by atomic mass is 16.1. The second-order valence-electron chi connectivity index (χ2n) is 4.43. The predicted molar refractivity (Wildman–Crippen MR) is 67.4 cm³/mol. The Balaban J connectivity index is 2.23. The highest BCUT2D eigenvalue weighted by Gasteiger charge is 2.07. The van der Waals surface area contributed by atoms with Crippen LogP contribution in [0.1, 0.15) is 25.6 Å². The Kier molecular flexibility index (Phi) is 5.69. The highest BCUT2D eigenvalue weighted by Crippen LogP contribution is 2.02. The summed E-state index contributed by atoms with van der Waals surface area (Å²) in [7, 11) is 0. The van der Waals surface area contributed by atoms with Crippen LogP contribution < -0.4 is 11.1 Å². The molecule has 0 fully saturated rings. The predicted octanol–water partition coefficient (Wildman–Crippen LogP) is 0.683. The van der Waals surface area contributed by atoms with Gasteiger partial charge in [0.15, 0.2) is 0 Å². The maximum absolute atomic E-state index is 11.4. The molecule has 1 atom stereocenters. The quantitative estimate of drug-likeness (QED) is 0.733. The number of nitrogens with zero attached hydrogens (tertiary/aromatic N) is 2. The minimum absolute atomic E-state index is 0.0876. The third-order valence-electron chi connectivity index (χ3n) is 2.69. The maximum Gasteiger partial charge on any atom is 0.220 e. The zero-order valence-electron chi connectivity index (χ0n) is 10.6. The number of rotatable bonds is 7. The summed E-state index contributed by atoms with van der Waals surface area (Å²) < 4.78 is 2.09. The highest BCUT2D eigenvalue weighted by molar-refractivity contribution is 5.75. The van der Waals surface area contributed by atoms with Gasteiger partial charge in [-0.1, -0.05) is 6.92 Å². The van der Waals surface area contributed by atoms with Gasteiger partial charge in [0.25, 0.3) is 0 Å². The van der Waals surface area contributed by atoms with Gasteiger partial charge in [-0.3, -0.25) is 4.79 Å². The van der Waals surface area contributed by atoms with Gasteiger partial charge >= 0.3 is 0 Å². The number of aryl methyl sites for hydroxylation is 1. The number of hydrogen-bond acceptors (Lipinski definition) is 3. The van der Waals surface area contributed by atoms with E-state index < -0.39 is 0 Å². The minimum Gasteiger partial charge on any atom is -0.356 e. The van der Waals surface area contributed by atoms with Crippen LogP contribution in [-0.4, -0.2) is 28.5 Å². The molecule has 1 rings (SSSR count). The van der Waals surface area contributed by atoms with Crippen LogP contribution in [0.4, 0.5) is 0 Å². The lowest BCUT2D eigenvalue weighted by Crippen LogP contribution is -2.30. The Bertz CT molecular complexity index is 348. The monoisotopic (exact) mass is 238 g/mol. The van der Waals surface area contributed by atoms with Gasteiger partial charge in [-0.2, -0.15) is 0 Å². The fourth-order valence-corrected chi connectivity index (χ4v) is 1.64. The van der Waals surface area contributed by atoms with Gasteiger partial charge in [-0.15, -0.1) is 0 Å². The van der Waals surface area contributed by atoms with Gasteiger partial charge < -0.3 is 15.6 Å². The van der Waals surface area contributed by atoms with E-state index in [1.54, 1.807) is 6.20 Å².